The van der Waals surface area contributed by atoms with Crippen LogP contribution in [0.2, 0.25) is 0 Å². The van der Waals surface area contributed by atoms with Crippen LogP contribution >= 0.6 is 0 Å². The minimum Gasteiger partial charge on any atom is -0.360 e. The Balaban J connectivity index is 2.26. The molecule has 0 spiro atoms. The van der Waals surface area contributed by atoms with E-state index in [0.29, 0.717) is 5.69 Å². The highest BCUT2D eigenvalue weighted by Crippen LogP contribution is 2.59. The summed E-state index contributed by atoms with van der Waals surface area (Å²) in [6, 6.07) is 1.47. The number of hydrogen-bond donors (Lipinski definition) is 0. The predicted molar refractivity (Wildman–Crippen MR) is 52.2 cm³/mol. The SMILES string of the molecule is CCC(C)c1cc(C2(C(F)(F)F)CC2)on1. The monoisotopic (exact) mass is 233 g/mol. The standard InChI is InChI=1S/C11H14F3NO/c1-3-7(2)8-6-9(16-15-8)10(4-5-10)11(12,13)14/h6-7H,3-5H2,1-2H3. The van der Waals surface area contributed by atoms with Crippen LogP contribution < -0.4 is 0 Å². The molecule has 0 radical (unpaired) electrons. The van der Waals surface area contributed by atoms with Crippen LogP contribution in [-0.4, -0.2) is 11.3 Å². The van der Waals surface area contributed by atoms with Gasteiger partial charge in [0, 0.05) is 12.0 Å². The van der Waals surface area contributed by atoms with Gasteiger partial charge >= 0.3 is 6.18 Å². The van der Waals surface area contributed by atoms with Crippen molar-refractivity contribution in [1.29, 1.82) is 0 Å². The van der Waals surface area contributed by atoms with E-state index in [1.807, 2.05) is 13.8 Å². The van der Waals surface area contributed by atoms with E-state index < -0.39 is 11.6 Å². The Hall–Kier alpha value is -1.00. The maximum atomic E-state index is 12.8. The molecule has 2 nitrogen and oxygen atoms in total. The van der Waals surface area contributed by atoms with Crippen molar-refractivity contribution in [3.8, 4) is 0 Å². The number of alkyl halides is 3. The molecular weight excluding hydrogens is 219 g/mol. The number of rotatable bonds is 3. The molecule has 0 N–H and O–H groups in total. The van der Waals surface area contributed by atoms with E-state index in [2.05, 4.69) is 5.16 Å². The Kier molecular flexibility index (Phi) is 2.51. The van der Waals surface area contributed by atoms with Crippen molar-refractivity contribution < 1.29 is 17.7 Å². The molecule has 0 saturated heterocycles. The van der Waals surface area contributed by atoms with Gasteiger partial charge in [-0.1, -0.05) is 19.0 Å². The minimum absolute atomic E-state index is 0.0182. The minimum atomic E-state index is -4.22. The van der Waals surface area contributed by atoms with E-state index >= 15 is 0 Å². The van der Waals surface area contributed by atoms with Crippen molar-refractivity contribution in [3.05, 3.63) is 17.5 Å². The number of halogens is 3. The van der Waals surface area contributed by atoms with Crippen LogP contribution in [0, 0.1) is 0 Å². The van der Waals surface area contributed by atoms with Gasteiger partial charge in [-0.2, -0.15) is 13.2 Å². The molecule has 1 saturated carbocycles. The van der Waals surface area contributed by atoms with E-state index in [0.717, 1.165) is 6.42 Å². The zero-order valence-corrected chi connectivity index (χ0v) is 9.27. The third-order valence-electron chi connectivity index (χ3n) is 3.41. The lowest BCUT2D eigenvalue weighted by Gasteiger charge is -2.15. The summed E-state index contributed by atoms with van der Waals surface area (Å²) in [6.45, 7) is 3.89. The Morgan fingerprint density at radius 1 is 1.50 bits per heavy atom. The topological polar surface area (TPSA) is 26.0 Å². The second-order valence-electron chi connectivity index (χ2n) is 4.51. The smallest absolute Gasteiger partial charge is 0.360 e. The molecule has 1 aromatic heterocycles. The molecule has 1 aliphatic rings. The summed E-state index contributed by atoms with van der Waals surface area (Å²) in [5.74, 6) is 0.122. The molecule has 16 heavy (non-hydrogen) atoms. The molecule has 1 unspecified atom stereocenters. The molecule has 5 heteroatoms. The third kappa shape index (κ3) is 1.62. The van der Waals surface area contributed by atoms with Crippen LogP contribution in [0.4, 0.5) is 13.2 Å². The summed E-state index contributed by atoms with van der Waals surface area (Å²) in [6.07, 6.45) is -3.15. The van der Waals surface area contributed by atoms with Gasteiger partial charge in [-0.3, -0.25) is 0 Å². The molecule has 1 aliphatic carbocycles. The molecule has 90 valence electrons. The Morgan fingerprint density at radius 2 is 2.12 bits per heavy atom. The predicted octanol–water partition coefficient (Wildman–Crippen LogP) is 3.78. The van der Waals surface area contributed by atoms with Crippen molar-refractivity contribution in [2.45, 2.75) is 50.6 Å². The van der Waals surface area contributed by atoms with E-state index in [1.54, 1.807) is 0 Å². The van der Waals surface area contributed by atoms with Gasteiger partial charge in [-0.25, -0.2) is 0 Å². The Morgan fingerprint density at radius 3 is 2.56 bits per heavy atom. The average Bonchev–Trinajstić information content (AvgIpc) is 2.90. The van der Waals surface area contributed by atoms with Crippen molar-refractivity contribution in [2.24, 2.45) is 0 Å². The molecule has 1 fully saturated rings. The van der Waals surface area contributed by atoms with Crippen LogP contribution in [0.3, 0.4) is 0 Å². The largest absolute Gasteiger partial charge is 0.401 e. The highest BCUT2D eigenvalue weighted by Gasteiger charge is 2.66. The number of aromatic nitrogens is 1. The first-order valence-electron chi connectivity index (χ1n) is 5.44. The fraction of sp³-hybridized carbons (Fsp3) is 0.727. The Labute approximate surface area is 91.8 Å². The van der Waals surface area contributed by atoms with Crippen LogP contribution in [0.1, 0.15) is 50.5 Å². The van der Waals surface area contributed by atoms with Crippen LogP contribution in [0.25, 0.3) is 0 Å². The first kappa shape index (κ1) is 11.5. The van der Waals surface area contributed by atoms with Crippen molar-refractivity contribution in [1.82, 2.24) is 5.16 Å². The van der Waals surface area contributed by atoms with Gasteiger partial charge in [-0.15, -0.1) is 0 Å². The van der Waals surface area contributed by atoms with Gasteiger partial charge in [0.05, 0.1) is 5.69 Å². The van der Waals surface area contributed by atoms with Crippen molar-refractivity contribution in [3.63, 3.8) is 0 Å². The first-order valence-corrected chi connectivity index (χ1v) is 5.44. The second kappa shape index (κ2) is 3.50. The molecule has 1 atom stereocenters. The maximum Gasteiger partial charge on any atom is 0.401 e. The lowest BCUT2D eigenvalue weighted by molar-refractivity contribution is -0.165. The van der Waals surface area contributed by atoms with Crippen LogP contribution in [0.5, 0.6) is 0 Å². The van der Waals surface area contributed by atoms with Gasteiger partial charge in [0.25, 0.3) is 0 Å². The number of nitrogens with zero attached hydrogens (tertiary/aromatic N) is 1. The van der Waals surface area contributed by atoms with E-state index in [-0.39, 0.29) is 24.5 Å². The summed E-state index contributed by atoms with van der Waals surface area (Å²) in [7, 11) is 0. The quantitative estimate of drug-likeness (QED) is 0.794. The maximum absolute atomic E-state index is 12.8. The van der Waals surface area contributed by atoms with Gasteiger partial charge < -0.3 is 4.52 Å². The van der Waals surface area contributed by atoms with Gasteiger partial charge in [0.2, 0.25) is 0 Å². The second-order valence-corrected chi connectivity index (χ2v) is 4.51. The van der Waals surface area contributed by atoms with E-state index in [4.69, 9.17) is 4.52 Å². The molecule has 1 aromatic rings. The molecule has 0 amide bonds. The zero-order valence-electron chi connectivity index (χ0n) is 9.27. The average molecular weight is 233 g/mol. The molecule has 2 rings (SSSR count). The van der Waals surface area contributed by atoms with Gasteiger partial charge in [-0.05, 0) is 19.3 Å². The first-order chi connectivity index (χ1) is 7.40. The van der Waals surface area contributed by atoms with Gasteiger partial charge in [0.1, 0.15) is 5.41 Å². The lowest BCUT2D eigenvalue weighted by Crippen LogP contribution is -2.28. The summed E-state index contributed by atoms with van der Waals surface area (Å²) in [4.78, 5) is 0. The fourth-order valence-corrected chi connectivity index (χ4v) is 1.75. The Bertz CT molecular complexity index is 379. The molecule has 0 bridgehead atoms. The van der Waals surface area contributed by atoms with E-state index in [9.17, 15) is 13.2 Å². The summed E-state index contributed by atoms with van der Waals surface area (Å²) < 4.78 is 43.2. The fourth-order valence-electron chi connectivity index (χ4n) is 1.75. The van der Waals surface area contributed by atoms with Crippen molar-refractivity contribution >= 4 is 0 Å². The highest BCUT2D eigenvalue weighted by atomic mass is 19.4. The highest BCUT2D eigenvalue weighted by molar-refractivity contribution is 5.27. The third-order valence-corrected chi connectivity index (χ3v) is 3.41. The normalized spacial score (nSPS) is 20.8. The van der Waals surface area contributed by atoms with Crippen LogP contribution in [0.15, 0.2) is 10.6 Å². The summed E-state index contributed by atoms with van der Waals surface area (Å²) in [5.41, 5.74) is -1.13. The summed E-state index contributed by atoms with van der Waals surface area (Å²) in [5, 5.41) is 3.73. The summed E-state index contributed by atoms with van der Waals surface area (Å²) >= 11 is 0. The van der Waals surface area contributed by atoms with Crippen LogP contribution in [-0.2, 0) is 5.41 Å². The van der Waals surface area contributed by atoms with Crippen molar-refractivity contribution in [2.75, 3.05) is 0 Å². The molecule has 0 aliphatic heterocycles. The molecular formula is C11H14F3NO. The lowest BCUT2D eigenvalue weighted by atomic mass is 9.99. The number of hydrogen-bond acceptors (Lipinski definition) is 2. The molecule has 1 heterocycles. The molecule has 0 aromatic carbocycles. The van der Waals surface area contributed by atoms with E-state index in [1.165, 1.54) is 6.07 Å². The zero-order chi connectivity index (χ0) is 12.0. The van der Waals surface area contributed by atoms with Gasteiger partial charge in [0.15, 0.2) is 5.76 Å².